The molecule has 0 heterocycles. The van der Waals surface area contributed by atoms with Gasteiger partial charge in [-0.05, 0) is 24.5 Å². The molecule has 0 fully saturated rings. The van der Waals surface area contributed by atoms with Crippen LogP contribution in [-0.2, 0) is 22.4 Å². The fourth-order valence-electron chi connectivity index (χ4n) is 1.60. The average molecular weight is 235 g/mol. The molecule has 1 amide bonds. The van der Waals surface area contributed by atoms with Crippen molar-refractivity contribution in [2.45, 2.75) is 32.7 Å². The summed E-state index contributed by atoms with van der Waals surface area (Å²) in [4.78, 5) is 22.2. The van der Waals surface area contributed by atoms with Crippen molar-refractivity contribution in [1.29, 1.82) is 0 Å². The molecule has 0 radical (unpaired) electrons. The van der Waals surface area contributed by atoms with Gasteiger partial charge in [-0.3, -0.25) is 9.59 Å². The van der Waals surface area contributed by atoms with Gasteiger partial charge < -0.3 is 10.4 Å². The van der Waals surface area contributed by atoms with E-state index in [0.29, 0.717) is 0 Å². The highest BCUT2D eigenvalue weighted by molar-refractivity contribution is 5.84. The third kappa shape index (κ3) is 3.90. The molecule has 0 aromatic heterocycles. The Labute approximate surface area is 101 Å². The Bertz CT molecular complexity index is 415. The molecule has 92 valence electrons. The lowest BCUT2D eigenvalue weighted by atomic mass is 10.0. The van der Waals surface area contributed by atoms with Crippen LogP contribution in [0.15, 0.2) is 24.3 Å². The zero-order valence-electron chi connectivity index (χ0n) is 10.1. The zero-order chi connectivity index (χ0) is 12.8. The molecule has 0 aliphatic carbocycles. The number of hydrogen-bond acceptors (Lipinski definition) is 2. The Morgan fingerprint density at radius 2 is 1.88 bits per heavy atom. The number of carbonyl (C=O) groups excluding carboxylic acids is 1. The highest BCUT2D eigenvalue weighted by Gasteiger charge is 2.14. The van der Waals surface area contributed by atoms with Gasteiger partial charge in [-0.1, -0.05) is 31.2 Å². The molecule has 1 aromatic rings. The minimum absolute atomic E-state index is 0.224. The number of hydrogen-bond donors (Lipinski definition) is 2. The van der Waals surface area contributed by atoms with Crippen molar-refractivity contribution in [3.63, 3.8) is 0 Å². The smallest absolute Gasteiger partial charge is 0.325 e. The van der Waals surface area contributed by atoms with E-state index in [0.717, 1.165) is 17.5 Å². The Kier molecular flexibility index (Phi) is 4.69. The lowest BCUT2D eigenvalue weighted by Gasteiger charge is -2.11. The second-order valence-electron chi connectivity index (χ2n) is 3.93. The molecule has 4 nitrogen and oxygen atoms in total. The Morgan fingerprint density at radius 3 is 2.41 bits per heavy atom. The zero-order valence-corrected chi connectivity index (χ0v) is 10.1. The van der Waals surface area contributed by atoms with Gasteiger partial charge in [0.05, 0.1) is 6.42 Å². The summed E-state index contributed by atoms with van der Waals surface area (Å²) in [6, 6.07) is 6.83. The van der Waals surface area contributed by atoms with E-state index in [1.165, 1.54) is 6.92 Å². The van der Waals surface area contributed by atoms with Crippen LogP contribution in [0, 0.1) is 0 Å². The summed E-state index contributed by atoms with van der Waals surface area (Å²) in [6.45, 7) is 3.47. The summed E-state index contributed by atoms with van der Waals surface area (Å²) in [7, 11) is 0. The van der Waals surface area contributed by atoms with Gasteiger partial charge in [-0.25, -0.2) is 0 Å². The Morgan fingerprint density at radius 1 is 1.29 bits per heavy atom. The van der Waals surface area contributed by atoms with Gasteiger partial charge in [0.15, 0.2) is 0 Å². The Balaban J connectivity index is 2.65. The second-order valence-corrected chi connectivity index (χ2v) is 3.93. The topological polar surface area (TPSA) is 66.4 Å². The van der Waals surface area contributed by atoms with Crippen LogP contribution in [0.25, 0.3) is 0 Å². The van der Waals surface area contributed by atoms with Gasteiger partial charge >= 0.3 is 5.97 Å². The SMILES string of the molecule is CCc1ccccc1CC(=O)N[C@@H](C)C(=O)O. The summed E-state index contributed by atoms with van der Waals surface area (Å²) in [5, 5.41) is 11.1. The van der Waals surface area contributed by atoms with Crippen LogP contribution in [0.3, 0.4) is 0 Å². The summed E-state index contributed by atoms with van der Waals surface area (Å²) in [6.07, 6.45) is 1.08. The number of aryl methyl sites for hydroxylation is 1. The molecule has 0 spiro atoms. The lowest BCUT2D eigenvalue weighted by molar-refractivity contribution is -0.141. The van der Waals surface area contributed by atoms with Gasteiger partial charge in [0.1, 0.15) is 6.04 Å². The standard InChI is InChI=1S/C13H17NO3/c1-3-10-6-4-5-7-11(10)8-12(15)14-9(2)13(16)17/h4-7,9H,3,8H2,1-2H3,(H,14,15)(H,16,17)/t9-/m0/s1. The van der Waals surface area contributed by atoms with Gasteiger partial charge in [0.25, 0.3) is 0 Å². The maximum absolute atomic E-state index is 11.6. The molecular weight excluding hydrogens is 218 g/mol. The molecule has 0 aliphatic rings. The van der Waals surface area contributed by atoms with E-state index in [9.17, 15) is 9.59 Å². The fourth-order valence-corrected chi connectivity index (χ4v) is 1.60. The fraction of sp³-hybridized carbons (Fsp3) is 0.385. The second kappa shape index (κ2) is 6.03. The van der Waals surface area contributed by atoms with E-state index >= 15 is 0 Å². The van der Waals surface area contributed by atoms with E-state index in [-0.39, 0.29) is 12.3 Å². The largest absolute Gasteiger partial charge is 0.480 e. The number of benzene rings is 1. The molecule has 2 N–H and O–H groups in total. The summed E-state index contributed by atoms with van der Waals surface area (Å²) >= 11 is 0. The third-order valence-corrected chi connectivity index (χ3v) is 2.60. The quantitative estimate of drug-likeness (QED) is 0.810. The molecular formula is C13H17NO3. The monoisotopic (exact) mass is 235 g/mol. The first-order valence-electron chi connectivity index (χ1n) is 5.63. The van der Waals surface area contributed by atoms with Crippen molar-refractivity contribution >= 4 is 11.9 Å². The van der Waals surface area contributed by atoms with E-state index in [1.54, 1.807) is 0 Å². The van der Waals surface area contributed by atoms with E-state index in [2.05, 4.69) is 5.32 Å². The number of carboxylic acid groups (broad SMARTS) is 1. The number of rotatable bonds is 5. The number of amides is 1. The summed E-state index contributed by atoms with van der Waals surface area (Å²) < 4.78 is 0. The molecule has 0 saturated carbocycles. The Hall–Kier alpha value is -1.84. The number of carboxylic acids is 1. The molecule has 1 atom stereocenters. The molecule has 1 aromatic carbocycles. The van der Waals surface area contributed by atoms with Gasteiger partial charge in [-0.15, -0.1) is 0 Å². The van der Waals surface area contributed by atoms with E-state index in [4.69, 9.17) is 5.11 Å². The van der Waals surface area contributed by atoms with Crippen molar-refractivity contribution in [2.75, 3.05) is 0 Å². The van der Waals surface area contributed by atoms with Crippen LogP contribution in [0.2, 0.25) is 0 Å². The van der Waals surface area contributed by atoms with Gasteiger partial charge in [0, 0.05) is 0 Å². The maximum atomic E-state index is 11.6. The number of nitrogens with one attached hydrogen (secondary N) is 1. The van der Waals surface area contributed by atoms with Crippen LogP contribution >= 0.6 is 0 Å². The minimum Gasteiger partial charge on any atom is -0.480 e. The summed E-state index contributed by atoms with van der Waals surface area (Å²) in [5.41, 5.74) is 2.07. The van der Waals surface area contributed by atoms with Crippen molar-refractivity contribution in [2.24, 2.45) is 0 Å². The molecule has 17 heavy (non-hydrogen) atoms. The third-order valence-electron chi connectivity index (χ3n) is 2.60. The highest BCUT2D eigenvalue weighted by Crippen LogP contribution is 2.10. The maximum Gasteiger partial charge on any atom is 0.325 e. The predicted octanol–water partition coefficient (Wildman–Crippen LogP) is 1.38. The first-order chi connectivity index (χ1) is 8.04. The van der Waals surface area contributed by atoms with Crippen LogP contribution in [0.5, 0.6) is 0 Å². The van der Waals surface area contributed by atoms with Crippen LogP contribution in [0.4, 0.5) is 0 Å². The van der Waals surface area contributed by atoms with Crippen LogP contribution < -0.4 is 5.32 Å². The predicted molar refractivity (Wildman–Crippen MR) is 64.8 cm³/mol. The van der Waals surface area contributed by atoms with Gasteiger partial charge in [-0.2, -0.15) is 0 Å². The van der Waals surface area contributed by atoms with Crippen molar-refractivity contribution < 1.29 is 14.7 Å². The van der Waals surface area contributed by atoms with Crippen LogP contribution in [0.1, 0.15) is 25.0 Å². The van der Waals surface area contributed by atoms with Gasteiger partial charge in [0.2, 0.25) is 5.91 Å². The number of aliphatic carboxylic acids is 1. The number of carbonyl (C=O) groups is 2. The average Bonchev–Trinajstić information content (AvgIpc) is 2.29. The molecule has 1 rings (SSSR count). The van der Waals surface area contributed by atoms with Crippen LogP contribution in [-0.4, -0.2) is 23.0 Å². The van der Waals surface area contributed by atoms with Crippen molar-refractivity contribution in [3.8, 4) is 0 Å². The molecule has 0 unspecified atom stereocenters. The normalized spacial score (nSPS) is 11.9. The minimum atomic E-state index is -1.03. The lowest BCUT2D eigenvalue weighted by Crippen LogP contribution is -2.39. The summed E-state index contributed by atoms with van der Waals surface area (Å²) in [5.74, 6) is -1.29. The van der Waals surface area contributed by atoms with E-state index in [1.807, 2.05) is 31.2 Å². The molecule has 0 aliphatic heterocycles. The first kappa shape index (κ1) is 13.2. The highest BCUT2D eigenvalue weighted by atomic mass is 16.4. The molecule has 4 heteroatoms. The van der Waals surface area contributed by atoms with E-state index < -0.39 is 12.0 Å². The molecule has 0 bridgehead atoms. The van der Waals surface area contributed by atoms with Crippen molar-refractivity contribution in [3.05, 3.63) is 35.4 Å². The first-order valence-corrected chi connectivity index (χ1v) is 5.63. The molecule has 0 saturated heterocycles. The van der Waals surface area contributed by atoms with Crippen molar-refractivity contribution in [1.82, 2.24) is 5.32 Å².